The summed E-state index contributed by atoms with van der Waals surface area (Å²) in [6.07, 6.45) is 12.3. The molecule has 0 aliphatic carbocycles. The molecule has 0 N–H and O–H groups in total. The van der Waals surface area contributed by atoms with Crippen LogP contribution in [0.5, 0.6) is 0 Å². The van der Waals surface area contributed by atoms with E-state index in [4.69, 9.17) is 0 Å². The van der Waals surface area contributed by atoms with E-state index >= 15 is 0 Å². The molecular formula is C28H37P. The zero-order valence-electron chi connectivity index (χ0n) is 18.0. The molecule has 0 atom stereocenters. The number of unbranched alkanes of at least 4 members (excludes halogenated alkanes) is 7. The Morgan fingerprint density at radius 3 is 1.17 bits per heavy atom. The van der Waals surface area contributed by atoms with Gasteiger partial charge in [0.25, 0.3) is 0 Å². The summed E-state index contributed by atoms with van der Waals surface area (Å²) in [5.41, 5.74) is 0. The molecule has 3 rings (SSSR count). The fraction of sp³-hybridized carbons (Fsp3) is 0.357. The van der Waals surface area contributed by atoms with Crippen LogP contribution in [-0.4, -0.2) is 6.16 Å². The first-order valence-electron chi connectivity index (χ1n) is 11.5. The fourth-order valence-corrected chi connectivity index (χ4v) is 9.56. The van der Waals surface area contributed by atoms with E-state index in [1.54, 1.807) is 15.9 Å². The second-order valence-corrected chi connectivity index (χ2v) is 12.3. The average molecular weight is 405 g/mol. The van der Waals surface area contributed by atoms with Gasteiger partial charge < -0.3 is 0 Å². The summed E-state index contributed by atoms with van der Waals surface area (Å²) in [6.45, 7) is 2.29. The second kappa shape index (κ2) is 11.9. The maximum absolute atomic E-state index is 2.37. The summed E-state index contributed by atoms with van der Waals surface area (Å²) in [4.78, 5) is 0. The van der Waals surface area contributed by atoms with Crippen LogP contribution in [0.15, 0.2) is 91.0 Å². The van der Waals surface area contributed by atoms with Crippen LogP contribution < -0.4 is 15.9 Å². The summed E-state index contributed by atoms with van der Waals surface area (Å²) in [5, 5.41) is 4.63. The predicted molar refractivity (Wildman–Crippen MR) is 134 cm³/mol. The van der Waals surface area contributed by atoms with Crippen LogP contribution in [0.25, 0.3) is 0 Å². The van der Waals surface area contributed by atoms with Gasteiger partial charge in [0.2, 0.25) is 0 Å². The van der Waals surface area contributed by atoms with Crippen LogP contribution in [-0.2, 0) is 0 Å². The molecular weight excluding hydrogens is 367 g/mol. The minimum absolute atomic E-state index is 1.29. The Balaban J connectivity index is 1.83. The Hall–Kier alpha value is -1.91. The second-order valence-electron chi connectivity index (χ2n) is 8.23. The van der Waals surface area contributed by atoms with Gasteiger partial charge in [0.1, 0.15) is 0 Å². The third-order valence-corrected chi connectivity index (χ3v) is 11.3. The molecule has 3 aromatic carbocycles. The Morgan fingerprint density at radius 2 is 0.793 bits per heavy atom. The van der Waals surface area contributed by atoms with Gasteiger partial charge in [-0.3, -0.25) is 0 Å². The van der Waals surface area contributed by atoms with Crippen molar-refractivity contribution >= 4 is 23.2 Å². The van der Waals surface area contributed by atoms with Crippen LogP contribution in [0, 0.1) is 0 Å². The van der Waals surface area contributed by atoms with E-state index in [1.165, 1.54) is 57.5 Å². The number of hydrogen-bond acceptors (Lipinski definition) is 0. The Kier molecular flexibility index (Phi) is 8.97. The zero-order valence-corrected chi connectivity index (χ0v) is 19.0. The van der Waals surface area contributed by atoms with Crippen molar-refractivity contribution in [1.82, 2.24) is 0 Å². The van der Waals surface area contributed by atoms with Crippen LogP contribution in [0.2, 0.25) is 0 Å². The molecule has 0 aliphatic heterocycles. The Labute approximate surface area is 178 Å². The van der Waals surface area contributed by atoms with Gasteiger partial charge in [-0.05, 0) is 0 Å². The van der Waals surface area contributed by atoms with Gasteiger partial charge >= 0.3 is 179 Å². The molecule has 29 heavy (non-hydrogen) atoms. The molecule has 0 aromatic heterocycles. The molecule has 0 heterocycles. The van der Waals surface area contributed by atoms with Crippen molar-refractivity contribution in [3.63, 3.8) is 0 Å². The van der Waals surface area contributed by atoms with Gasteiger partial charge in [0.05, 0.1) is 0 Å². The molecule has 0 amide bonds. The summed E-state index contributed by atoms with van der Waals surface area (Å²) in [5.74, 6) is 0. The van der Waals surface area contributed by atoms with Crippen molar-refractivity contribution in [3.05, 3.63) is 91.0 Å². The topological polar surface area (TPSA) is 0 Å². The average Bonchev–Trinajstić information content (AvgIpc) is 2.80. The molecule has 1 heteroatoms. The zero-order chi connectivity index (χ0) is 20.2. The fourth-order valence-electron chi connectivity index (χ4n) is 4.63. The number of rotatable bonds is 12. The molecule has 0 nitrogen and oxygen atoms in total. The molecule has 0 saturated heterocycles. The normalized spacial score (nSPS) is 12.0. The third-order valence-electron chi connectivity index (χ3n) is 6.21. The Morgan fingerprint density at radius 1 is 0.448 bits per heavy atom. The van der Waals surface area contributed by atoms with Gasteiger partial charge in [-0.15, -0.1) is 0 Å². The van der Waals surface area contributed by atoms with Gasteiger partial charge in [0, 0.05) is 0 Å². The molecule has 0 radical (unpaired) electrons. The first kappa shape index (κ1) is 21.8. The third kappa shape index (κ3) is 5.80. The SMILES string of the molecule is CCCCCCCCCC[PH](c1ccccc1)(c1ccccc1)c1ccccc1. The minimum atomic E-state index is -2.01. The van der Waals surface area contributed by atoms with E-state index in [9.17, 15) is 0 Å². The van der Waals surface area contributed by atoms with Crippen LogP contribution in [0.3, 0.4) is 0 Å². The van der Waals surface area contributed by atoms with Gasteiger partial charge in [0.15, 0.2) is 0 Å². The summed E-state index contributed by atoms with van der Waals surface area (Å²) in [6, 6.07) is 34.0. The Bertz CT molecular complexity index is 699. The van der Waals surface area contributed by atoms with Gasteiger partial charge in [-0.1, -0.05) is 0 Å². The molecule has 0 bridgehead atoms. The van der Waals surface area contributed by atoms with Crippen molar-refractivity contribution in [1.29, 1.82) is 0 Å². The van der Waals surface area contributed by atoms with Crippen LogP contribution in [0.4, 0.5) is 0 Å². The maximum atomic E-state index is 2.37. The summed E-state index contributed by atoms with van der Waals surface area (Å²) >= 11 is 0. The molecule has 0 spiro atoms. The molecule has 154 valence electrons. The monoisotopic (exact) mass is 404 g/mol. The summed E-state index contributed by atoms with van der Waals surface area (Å²) in [7, 11) is -2.01. The summed E-state index contributed by atoms with van der Waals surface area (Å²) < 4.78 is 0. The van der Waals surface area contributed by atoms with Crippen molar-refractivity contribution < 1.29 is 0 Å². The quantitative estimate of drug-likeness (QED) is 0.229. The van der Waals surface area contributed by atoms with Gasteiger partial charge in [-0.25, -0.2) is 0 Å². The predicted octanol–water partition coefficient (Wildman–Crippen LogP) is 6.85. The number of benzene rings is 3. The molecule has 0 unspecified atom stereocenters. The van der Waals surface area contributed by atoms with E-state index in [1.807, 2.05) is 0 Å². The van der Waals surface area contributed by atoms with Crippen LogP contribution in [0.1, 0.15) is 58.3 Å². The molecule has 0 aliphatic rings. The van der Waals surface area contributed by atoms with Crippen molar-refractivity contribution in [2.75, 3.05) is 6.16 Å². The van der Waals surface area contributed by atoms with E-state index in [0.717, 1.165) is 0 Å². The molecule has 3 aromatic rings. The first-order chi connectivity index (χ1) is 14.4. The number of hydrogen-bond donors (Lipinski definition) is 0. The van der Waals surface area contributed by atoms with Crippen molar-refractivity contribution in [3.8, 4) is 0 Å². The van der Waals surface area contributed by atoms with Crippen molar-refractivity contribution in [2.45, 2.75) is 58.3 Å². The van der Waals surface area contributed by atoms with Gasteiger partial charge in [-0.2, -0.15) is 0 Å². The first-order valence-corrected chi connectivity index (χ1v) is 13.7. The van der Waals surface area contributed by atoms with Crippen molar-refractivity contribution in [2.24, 2.45) is 0 Å². The van der Waals surface area contributed by atoms with E-state index in [-0.39, 0.29) is 0 Å². The standard InChI is InChI=1S/C28H37P/c1-2-3-4-5-6-7-8-18-25-29(26-19-12-9-13-20-26,27-21-14-10-15-22-27)28-23-16-11-17-24-28/h9-17,19-24,29H,2-8,18,25H2,1H3. The van der Waals surface area contributed by atoms with E-state index in [0.29, 0.717) is 0 Å². The van der Waals surface area contributed by atoms with Crippen LogP contribution >= 0.6 is 7.26 Å². The molecule has 0 saturated carbocycles. The molecule has 0 fully saturated rings. The van der Waals surface area contributed by atoms with E-state index in [2.05, 4.69) is 97.9 Å². The van der Waals surface area contributed by atoms with E-state index < -0.39 is 7.26 Å².